The van der Waals surface area contributed by atoms with Crippen LogP contribution in [0.3, 0.4) is 0 Å². The van der Waals surface area contributed by atoms with Crippen molar-refractivity contribution < 1.29 is 9.18 Å². The fraction of sp³-hybridized carbons (Fsp3) is 0.350. The first-order valence-electron chi connectivity index (χ1n) is 9.36. The molecule has 0 aliphatic carbocycles. The summed E-state index contributed by atoms with van der Waals surface area (Å²) >= 11 is 8.15. The first-order chi connectivity index (χ1) is 13.9. The number of amides is 1. The number of hydrogen-bond acceptors (Lipinski definition) is 5. The number of aromatic nitrogens is 3. The highest BCUT2D eigenvalue weighted by molar-refractivity contribution is 7.09. The largest absolute Gasteiger partial charge is 0.336 e. The number of aryl methyl sites for hydroxylation is 2. The second-order valence-corrected chi connectivity index (χ2v) is 8.49. The first-order valence-corrected chi connectivity index (χ1v) is 10.6. The summed E-state index contributed by atoms with van der Waals surface area (Å²) in [5, 5.41) is 7.80. The molecule has 0 radical (unpaired) electrons. The summed E-state index contributed by atoms with van der Waals surface area (Å²) in [6.07, 6.45) is 0. The zero-order chi connectivity index (χ0) is 20.5. The molecule has 9 heteroatoms. The van der Waals surface area contributed by atoms with Gasteiger partial charge in [0.15, 0.2) is 0 Å². The van der Waals surface area contributed by atoms with Gasteiger partial charge in [-0.15, -0.1) is 11.3 Å². The standard InChI is InChI=1S/C20H21ClFN5OS/c1-13-18(19(21)27(24-13)17-5-3-15(22)4-6-17)20(28)26-9-7-25(8-10-26)11-16-12-29-14(2)23-16/h3-6,12H,7-11H2,1-2H3. The van der Waals surface area contributed by atoms with E-state index in [1.807, 2.05) is 11.8 Å². The van der Waals surface area contributed by atoms with Crippen molar-refractivity contribution >= 4 is 28.8 Å². The average molecular weight is 434 g/mol. The fourth-order valence-electron chi connectivity index (χ4n) is 3.47. The summed E-state index contributed by atoms with van der Waals surface area (Å²) in [7, 11) is 0. The smallest absolute Gasteiger partial charge is 0.258 e. The number of benzene rings is 1. The van der Waals surface area contributed by atoms with Gasteiger partial charge in [0.1, 0.15) is 11.0 Å². The SMILES string of the molecule is Cc1nc(CN2CCN(C(=O)c3c(C)nn(-c4ccc(F)cc4)c3Cl)CC2)cs1. The Balaban J connectivity index is 1.45. The molecular weight excluding hydrogens is 413 g/mol. The van der Waals surface area contributed by atoms with Crippen molar-refractivity contribution in [2.75, 3.05) is 26.2 Å². The highest BCUT2D eigenvalue weighted by Crippen LogP contribution is 2.25. The van der Waals surface area contributed by atoms with E-state index in [9.17, 15) is 9.18 Å². The zero-order valence-electron chi connectivity index (χ0n) is 16.2. The lowest BCUT2D eigenvalue weighted by Crippen LogP contribution is -2.48. The van der Waals surface area contributed by atoms with Crippen LogP contribution in [-0.4, -0.2) is 56.7 Å². The molecular formula is C20H21ClFN5OS. The van der Waals surface area contributed by atoms with Crippen LogP contribution in [0.5, 0.6) is 0 Å². The number of rotatable bonds is 4. The van der Waals surface area contributed by atoms with E-state index in [0.29, 0.717) is 30.0 Å². The summed E-state index contributed by atoms with van der Waals surface area (Å²) in [6, 6.07) is 5.85. The van der Waals surface area contributed by atoms with Gasteiger partial charge in [0, 0.05) is 38.1 Å². The van der Waals surface area contributed by atoms with Gasteiger partial charge in [0.05, 0.1) is 27.6 Å². The van der Waals surface area contributed by atoms with Crippen LogP contribution >= 0.6 is 22.9 Å². The van der Waals surface area contributed by atoms with Crippen molar-refractivity contribution in [2.45, 2.75) is 20.4 Å². The Morgan fingerprint density at radius 1 is 1.17 bits per heavy atom. The van der Waals surface area contributed by atoms with Crippen LogP contribution in [0.15, 0.2) is 29.6 Å². The summed E-state index contributed by atoms with van der Waals surface area (Å²) in [5.74, 6) is -0.458. The normalized spacial score (nSPS) is 15.1. The Morgan fingerprint density at radius 2 is 1.86 bits per heavy atom. The van der Waals surface area contributed by atoms with Crippen molar-refractivity contribution in [3.8, 4) is 5.69 Å². The van der Waals surface area contributed by atoms with Crippen molar-refractivity contribution in [1.82, 2.24) is 24.6 Å². The zero-order valence-corrected chi connectivity index (χ0v) is 17.8. The molecule has 0 bridgehead atoms. The van der Waals surface area contributed by atoms with Gasteiger partial charge >= 0.3 is 0 Å². The van der Waals surface area contributed by atoms with Gasteiger partial charge in [0.2, 0.25) is 0 Å². The Kier molecular flexibility index (Phi) is 5.67. The summed E-state index contributed by atoms with van der Waals surface area (Å²) in [5.41, 5.74) is 2.65. The third kappa shape index (κ3) is 4.19. The van der Waals surface area contributed by atoms with E-state index >= 15 is 0 Å². The Labute approximate surface area is 177 Å². The van der Waals surface area contributed by atoms with E-state index in [1.54, 1.807) is 30.4 Å². The number of thiazole rings is 1. The molecule has 6 nitrogen and oxygen atoms in total. The van der Waals surface area contributed by atoms with Crippen LogP contribution in [0.1, 0.15) is 26.8 Å². The highest BCUT2D eigenvalue weighted by atomic mass is 35.5. The molecule has 29 heavy (non-hydrogen) atoms. The van der Waals surface area contributed by atoms with E-state index in [2.05, 4.69) is 20.4 Å². The molecule has 1 aliphatic rings. The number of piperazine rings is 1. The van der Waals surface area contributed by atoms with E-state index < -0.39 is 0 Å². The molecule has 152 valence electrons. The lowest BCUT2D eigenvalue weighted by atomic mass is 10.2. The first kappa shape index (κ1) is 20.0. The van der Waals surface area contributed by atoms with E-state index in [4.69, 9.17) is 11.6 Å². The van der Waals surface area contributed by atoms with E-state index in [-0.39, 0.29) is 16.9 Å². The minimum Gasteiger partial charge on any atom is -0.336 e. The maximum Gasteiger partial charge on any atom is 0.258 e. The van der Waals surface area contributed by atoms with Crippen LogP contribution in [-0.2, 0) is 6.54 Å². The molecule has 0 unspecified atom stereocenters. The molecule has 0 spiro atoms. The molecule has 1 aliphatic heterocycles. The molecule has 1 amide bonds. The minimum atomic E-state index is -0.337. The van der Waals surface area contributed by atoms with Crippen LogP contribution in [0, 0.1) is 19.7 Å². The number of hydrogen-bond donors (Lipinski definition) is 0. The Morgan fingerprint density at radius 3 is 2.48 bits per heavy atom. The number of carbonyl (C=O) groups is 1. The van der Waals surface area contributed by atoms with Gasteiger partial charge in [-0.3, -0.25) is 9.69 Å². The summed E-state index contributed by atoms with van der Waals surface area (Å²) < 4.78 is 14.7. The topological polar surface area (TPSA) is 54.3 Å². The lowest BCUT2D eigenvalue weighted by molar-refractivity contribution is 0.0626. The van der Waals surface area contributed by atoms with Crippen LogP contribution in [0.4, 0.5) is 4.39 Å². The quantitative estimate of drug-likeness (QED) is 0.629. The maximum atomic E-state index is 13.2. The van der Waals surface area contributed by atoms with E-state index in [1.165, 1.54) is 16.8 Å². The lowest BCUT2D eigenvalue weighted by Gasteiger charge is -2.34. The third-order valence-electron chi connectivity index (χ3n) is 5.00. The summed E-state index contributed by atoms with van der Waals surface area (Å²) in [4.78, 5) is 21.7. The third-order valence-corrected chi connectivity index (χ3v) is 6.17. The molecule has 1 saturated heterocycles. The molecule has 2 aromatic heterocycles. The Bertz CT molecular complexity index is 1020. The van der Waals surface area contributed by atoms with E-state index in [0.717, 1.165) is 30.3 Å². The maximum absolute atomic E-state index is 13.2. The minimum absolute atomic E-state index is 0.120. The van der Waals surface area contributed by atoms with Gasteiger partial charge in [-0.05, 0) is 38.1 Å². The van der Waals surface area contributed by atoms with Gasteiger partial charge in [0.25, 0.3) is 5.91 Å². The number of nitrogens with zero attached hydrogens (tertiary/aromatic N) is 5. The second kappa shape index (κ2) is 8.22. The second-order valence-electron chi connectivity index (χ2n) is 7.07. The fourth-order valence-corrected chi connectivity index (χ4v) is 4.43. The molecule has 0 atom stereocenters. The summed E-state index contributed by atoms with van der Waals surface area (Å²) in [6.45, 7) is 7.38. The van der Waals surface area contributed by atoms with Crippen molar-refractivity contribution in [1.29, 1.82) is 0 Å². The monoisotopic (exact) mass is 433 g/mol. The van der Waals surface area contributed by atoms with Crippen molar-refractivity contribution in [3.63, 3.8) is 0 Å². The van der Waals surface area contributed by atoms with Crippen molar-refractivity contribution in [2.24, 2.45) is 0 Å². The number of halogens is 2. The van der Waals surface area contributed by atoms with Crippen LogP contribution in [0.2, 0.25) is 5.15 Å². The molecule has 1 fully saturated rings. The van der Waals surface area contributed by atoms with Crippen molar-refractivity contribution in [3.05, 3.63) is 62.6 Å². The van der Waals surface area contributed by atoms with Crippen LogP contribution in [0.25, 0.3) is 5.69 Å². The van der Waals surface area contributed by atoms with Gasteiger partial charge in [-0.1, -0.05) is 11.6 Å². The molecule has 3 aromatic rings. The van der Waals surface area contributed by atoms with Crippen LogP contribution < -0.4 is 0 Å². The molecule has 0 N–H and O–H groups in total. The molecule has 0 saturated carbocycles. The molecule has 1 aromatic carbocycles. The molecule has 3 heterocycles. The molecule has 4 rings (SSSR count). The van der Waals surface area contributed by atoms with Gasteiger partial charge in [-0.25, -0.2) is 14.1 Å². The predicted molar refractivity (Wildman–Crippen MR) is 111 cm³/mol. The average Bonchev–Trinajstić information content (AvgIpc) is 3.24. The Hall–Kier alpha value is -2.29. The number of carbonyl (C=O) groups excluding carboxylic acids is 1. The van der Waals surface area contributed by atoms with Gasteiger partial charge < -0.3 is 4.90 Å². The highest BCUT2D eigenvalue weighted by Gasteiger charge is 2.28. The predicted octanol–water partition coefficient (Wildman–Crippen LogP) is 3.70. The van der Waals surface area contributed by atoms with Gasteiger partial charge in [-0.2, -0.15) is 5.10 Å².